The van der Waals surface area contributed by atoms with Crippen molar-refractivity contribution in [2.75, 3.05) is 0 Å². The molecule has 0 amide bonds. The third-order valence-corrected chi connectivity index (χ3v) is 7.01. The zero-order valence-corrected chi connectivity index (χ0v) is 22.0. The van der Waals surface area contributed by atoms with Gasteiger partial charge in [0.15, 0.2) is 0 Å². The van der Waals surface area contributed by atoms with Crippen LogP contribution in [-0.4, -0.2) is 30.3 Å². The van der Waals surface area contributed by atoms with Crippen LogP contribution in [-0.2, 0) is 0 Å². The van der Waals surface area contributed by atoms with Crippen LogP contribution in [0.5, 0.6) is 0 Å². The summed E-state index contributed by atoms with van der Waals surface area (Å²) in [7, 11) is 0. The number of rotatable bonds is 6. The second kappa shape index (κ2) is 9.70. The number of benzene rings is 2. The van der Waals surface area contributed by atoms with Gasteiger partial charge >= 0.3 is 0 Å². The molecule has 0 radical (unpaired) electrons. The first kappa shape index (κ1) is 24.5. The topological polar surface area (TPSA) is 108 Å². The van der Waals surface area contributed by atoms with Crippen LogP contribution in [0.2, 0.25) is 0 Å². The fourth-order valence-electron chi connectivity index (χ4n) is 4.36. The van der Waals surface area contributed by atoms with Crippen molar-refractivity contribution in [1.82, 2.24) is 19.2 Å². The minimum Gasteiger partial charge on any atom is -0.298 e. The lowest BCUT2D eigenvalue weighted by molar-refractivity contribution is -0.385. The summed E-state index contributed by atoms with van der Waals surface area (Å²) in [6.45, 7) is 6.00. The number of halogens is 1. The van der Waals surface area contributed by atoms with Crippen LogP contribution in [0.15, 0.2) is 75.2 Å². The summed E-state index contributed by atoms with van der Waals surface area (Å²) in [4.78, 5) is 33.2. The third kappa shape index (κ3) is 4.33. The van der Waals surface area contributed by atoms with Gasteiger partial charge in [0, 0.05) is 33.1 Å². The summed E-state index contributed by atoms with van der Waals surface area (Å²) in [6, 6.07) is 16.3. The van der Waals surface area contributed by atoms with E-state index in [1.807, 2.05) is 61.7 Å². The number of pyridine rings is 1. The lowest BCUT2D eigenvalue weighted by atomic mass is 10.1. The molecule has 3 aromatic heterocycles. The molecule has 0 saturated heterocycles. The van der Waals surface area contributed by atoms with Gasteiger partial charge in [0.1, 0.15) is 17.8 Å². The molecule has 5 aromatic rings. The fourth-order valence-corrected chi connectivity index (χ4v) is 4.72. The van der Waals surface area contributed by atoms with Crippen LogP contribution >= 0.6 is 15.9 Å². The van der Waals surface area contributed by atoms with E-state index in [4.69, 9.17) is 4.98 Å². The second-order valence-electron chi connectivity index (χ2n) is 8.79. The van der Waals surface area contributed by atoms with Gasteiger partial charge in [-0.05, 0) is 43.7 Å². The number of fused-ring (bicyclic) bond motifs is 2. The first-order valence-electron chi connectivity index (χ1n) is 11.8. The minimum atomic E-state index is -0.474. The predicted octanol–water partition coefficient (Wildman–Crippen LogP) is 6.11. The van der Waals surface area contributed by atoms with E-state index < -0.39 is 4.92 Å². The molecule has 0 aliphatic rings. The lowest BCUT2D eigenvalue weighted by Gasteiger charge is -2.14. The second-order valence-corrected chi connectivity index (χ2v) is 9.70. The van der Waals surface area contributed by atoms with Gasteiger partial charge in [0.25, 0.3) is 11.2 Å². The van der Waals surface area contributed by atoms with E-state index in [1.54, 1.807) is 18.3 Å². The van der Waals surface area contributed by atoms with E-state index in [1.165, 1.54) is 16.9 Å². The Morgan fingerprint density at radius 3 is 2.65 bits per heavy atom. The molecule has 9 nitrogen and oxygen atoms in total. The number of para-hydroxylation sites is 1. The molecule has 0 N–H and O–H groups in total. The standard InChI is InChI=1S/C27H23BrN6O3/c1-4-16(2)26-31-23-11-9-18(28)13-21(23)27(35)33(26)30-15-22-17(3)32(24-8-6-5-7-20(22)24)25-12-10-19(14-29-25)34(36)37/h5-16H,4H2,1-3H3/t16-/m1/s1. The number of aromatic nitrogens is 4. The van der Waals surface area contributed by atoms with Gasteiger partial charge in [-0.15, -0.1) is 0 Å². The molecular weight excluding hydrogens is 536 g/mol. The third-order valence-electron chi connectivity index (χ3n) is 6.52. The van der Waals surface area contributed by atoms with Crippen molar-refractivity contribution < 1.29 is 4.92 Å². The summed E-state index contributed by atoms with van der Waals surface area (Å²) >= 11 is 3.44. The highest BCUT2D eigenvalue weighted by atomic mass is 79.9. The molecule has 3 heterocycles. The Labute approximate surface area is 220 Å². The molecule has 0 saturated carbocycles. The highest BCUT2D eigenvalue weighted by Gasteiger charge is 2.18. The maximum Gasteiger partial charge on any atom is 0.287 e. The Morgan fingerprint density at radius 2 is 1.95 bits per heavy atom. The molecule has 37 heavy (non-hydrogen) atoms. The van der Waals surface area contributed by atoms with Crippen LogP contribution in [0.1, 0.15) is 43.3 Å². The minimum absolute atomic E-state index is 0.0182. The van der Waals surface area contributed by atoms with Gasteiger partial charge in [0.05, 0.1) is 27.6 Å². The van der Waals surface area contributed by atoms with E-state index in [9.17, 15) is 14.9 Å². The number of nitrogens with zero attached hydrogens (tertiary/aromatic N) is 6. The van der Waals surface area contributed by atoms with Gasteiger partial charge in [-0.3, -0.25) is 19.5 Å². The van der Waals surface area contributed by atoms with E-state index in [0.29, 0.717) is 22.5 Å². The Morgan fingerprint density at radius 1 is 1.16 bits per heavy atom. The van der Waals surface area contributed by atoms with E-state index >= 15 is 0 Å². The summed E-state index contributed by atoms with van der Waals surface area (Å²) in [5.41, 5.74) is 2.83. The SMILES string of the molecule is CC[C@@H](C)c1nc2ccc(Br)cc2c(=O)n1N=Cc1c(C)n(-c2ccc([N+](=O)[O-])cn2)c2ccccc12. The molecule has 0 spiro atoms. The first-order valence-corrected chi connectivity index (χ1v) is 12.6. The monoisotopic (exact) mass is 558 g/mol. The average Bonchev–Trinajstić information content (AvgIpc) is 3.18. The predicted molar refractivity (Wildman–Crippen MR) is 148 cm³/mol. The van der Waals surface area contributed by atoms with Crippen molar-refractivity contribution >= 4 is 49.6 Å². The first-order chi connectivity index (χ1) is 17.8. The zero-order chi connectivity index (χ0) is 26.3. The molecule has 0 unspecified atom stereocenters. The lowest BCUT2D eigenvalue weighted by Crippen LogP contribution is -2.23. The van der Waals surface area contributed by atoms with Gasteiger partial charge in [0.2, 0.25) is 0 Å². The maximum atomic E-state index is 13.5. The van der Waals surface area contributed by atoms with Crippen molar-refractivity contribution in [2.24, 2.45) is 5.10 Å². The Bertz CT molecular complexity index is 1750. The molecule has 0 aliphatic carbocycles. The van der Waals surface area contributed by atoms with E-state index in [-0.39, 0.29) is 17.2 Å². The van der Waals surface area contributed by atoms with Crippen LogP contribution in [0.4, 0.5) is 5.69 Å². The van der Waals surface area contributed by atoms with Crippen molar-refractivity contribution in [2.45, 2.75) is 33.1 Å². The molecule has 2 aromatic carbocycles. The van der Waals surface area contributed by atoms with Crippen LogP contribution < -0.4 is 5.56 Å². The maximum absolute atomic E-state index is 13.5. The summed E-state index contributed by atoms with van der Waals surface area (Å²) < 4.78 is 4.10. The fraction of sp³-hybridized carbons (Fsp3) is 0.185. The number of hydrogen-bond acceptors (Lipinski definition) is 6. The largest absolute Gasteiger partial charge is 0.298 e. The molecule has 5 rings (SSSR count). The highest BCUT2D eigenvalue weighted by molar-refractivity contribution is 9.10. The van der Waals surface area contributed by atoms with Gasteiger partial charge in [-0.1, -0.05) is 48.0 Å². The molecule has 186 valence electrons. The Balaban J connectivity index is 1.70. The van der Waals surface area contributed by atoms with Gasteiger partial charge in [-0.25, -0.2) is 9.97 Å². The van der Waals surface area contributed by atoms with E-state index in [2.05, 4.69) is 26.0 Å². The summed E-state index contributed by atoms with van der Waals surface area (Å²) in [6.07, 6.45) is 3.72. The summed E-state index contributed by atoms with van der Waals surface area (Å²) in [5.74, 6) is 1.16. The molecule has 10 heteroatoms. The van der Waals surface area contributed by atoms with Gasteiger partial charge in [-0.2, -0.15) is 9.78 Å². The Kier molecular flexibility index (Phi) is 6.43. The molecular formula is C27H23BrN6O3. The summed E-state index contributed by atoms with van der Waals surface area (Å²) in [5, 5.41) is 17.1. The van der Waals surface area contributed by atoms with Crippen molar-refractivity contribution in [3.8, 4) is 5.82 Å². The van der Waals surface area contributed by atoms with E-state index in [0.717, 1.165) is 33.1 Å². The Hall–Kier alpha value is -4.18. The van der Waals surface area contributed by atoms with Crippen LogP contribution in [0.3, 0.4) is 0 Å². The number of nitro groups is 1. The van der Waals surface area contributed by atoms with Crippen LogP contribution in [0.25, 0.3) is 27.6 Å². The molecule has 0 fully saturated rings. The molecule has 0 bridgehead atoms. The molecule has 0 aliphatic heterocycles. The number of hydrogen-bond donors (Lipinski definition) is 0. The van der Waals surface area contributed by atoms with Gasteiger partial charge < -0.3 is 0 Å². The van der Waals surface area contributed by atoms with Crippen molar-refractivity contribution in [3.63, 3.8) is 0 Å². The average molecular weight is 559 g/mol. The zero-order valence-electron chi connectivity index (χ0n) is 20.4. The smallest absolute Gasteiger partial charge is 0.287 e. The molecule has 1 atom stereocenters. The van der Waals surface area contributed by atoms with Crippen molar-refractivity contribution in [1.29, 1.82) is 0 Å². The quantitative estimate of drug-likeness (QED) is 0.142. The normalized spacial score (nSPS) is 12.5. The van der Waals surface area contributed by atoms with Crippen molar-refractivity contribution in [3.05, 3.63) is 103 Å². The highest BCUT2D eigenvalue weighted by Crippen LogP contribution is 2.28. The van der Waals surface area contributed by atoms with Crippen LogP contribution in [0, 0.1) is 17.0 Å².